The van der Waals surface area contributed by atoms with Gasteiger partial charge >= 0.3 is 0 Å². The first-order valence-corrected chi connectivity index (χ1v) is 6.43. The molecule has 0 bridgehead atoms. The van der Waals surface area contributed by atoms with E-state index >= 15 is 0 Å². The molecule has 0 fully saturated rings. The average Bonchev–Trinajstić information content (AvgIpc) is 2.37. The first kappa shape index (κ1) is 14.8. The predicted molar refractivity (Wildman–Crippen MR) is 72.8 cm³/mol. The molecular formula is C13H19ClN2O2. The molecule has 4 nitrogen and oxygen atoms in total. The maximum Gasteiger partial charge on any atom is 0.221 e. The SMILES string of the molecule is CCC(CNC(=O)CCN)Oc1ccccc1Cl. The zero-order valence-electron chi connectivity index (χ0n) is 10.5. The van der Waals surface area contributed by atoms with Gasteiger partial charge in [0, 0.05) is 13.0 Å². The average molecular weight is 271 g/mol. The lowest BCUT2D eigenvalue weighted by Gasteiger charge is -2.18. The molecule has 0 aliphatic heterocycles. The fraction of sp³-hybridized carbons (Fsp3) is 0.462. The van der Waals surface area contributed by atoms with Gasteiger partial charge in [0.05, 0.1) is 11.6 Å². The Kier molecular flexibility index (Phi) is 6.54. The molecule has 1 atom stereocenters. The van der Waals surface area contributed by atoms with E-state index in [0.717, 1.165) is 6.42 Å². The number of nitrogens with two attached hydrogens (primary N) is 1. The molecule has 0 aromatic heterocycles. The first-order valence-electron chi connectivity index (χ1n) is 6.05. The van der Waals surface area contributed by atoms with Crippen molar-refractivity contribution in [2.45, 2.75) is 25.9 Å². The van der Waals surface area contributed by atoms with Crippen LogP contribution in [0.25, 0.3) is 0 Å². The van der Waals surface area contributed by atoms with E-state index in [1.54, 1.807) is 6.07 Å². The highest BCUT2D eigenvalue weighted by Crippen LogP contribution is 2.24. The zero-order valence-corrected chi connectivity index (χ0v) is 11.2. The van der Waals surface area contributed by atoms with Crippen molar-refractivity contribution >= 4 is 17.5 Å². The summed E-state index contributed by atoms with van der Waals surface area (Å²) in [6.45, 7) is 2.81. The van der Waals surface area contributed by atoms with Gasteiger partial charge in [0.1, 0.15) is 11.9 Å². The second-order valence-corrected chi connectivity index (χ2v) is 4.33. The highest BCUT2D eigenvalue weighted by molar-refractivity contribution is 6.32. The van der Waals surface area contributed by atoms with Gasteiger partial charge in [-0.15, -0.1) is 0 Å². The molecule has 0 aliphatic carbocycles. The number of para-hydroxylation sites is 1. The Morgan fingerprint density at radius 1 is 1.50 bits per heavy atom. The third-order valence-corrected chi connectivity index (χ3v) is 2.80. The molecule has 0 spiro atoms. The molecule has 0 heterocycles. The number of carbonyl (C=O) groups excluding carboxylic acids is 1. The van der Waals surface area contributed by atoms with Crippen LogP contribution in [-0.2, 0) is 4.79 Å². The normalized spacial score (nSPS) is 11.9. The largest absolute Gasteiger partial charge is 0.487 e. The summed E-state index contributed by atoms with van der Waals surface area (Å²) >= 11 is 6.01. The number of amides is 1. The Hall–Kier alpha value is -1.26. The van der Waals surface area contributed by atoms with E-state index in [9.17, 15) is 4.79 Å². The lowest BCUT2D eigenvalue weighted by molar-refractivity contribution is -0.121. The molecule has 0 radical (unpaired) electrons. The summed E-state index contributed by atoms with van der Waals surface area (Å²) in [5.74, 6) is 0.581. The summed E-state index contributed by atoms with van der Waals surface area (Å²) in [5.41, 5.74) is 5.30. The monoisotopic (exact) mass is 270 g/mol. The van der Waals surface area contributed by atoms with E-state index in [1.807, 2.05) is 25.1 Å². The molecule has 1 amide bonds. The number of halogens is 1. The van der Waals surface area contributed by atoms with Gasteiger partial charge in [0.2, 0.25) is 5.91 Å². The van der Waals surface area contributed by atoms with Crippen LogP contribution in [0.2, 0.25) is 5.02 Å². The van der Waals surface area contributed by atoms with Crippen LogP contribution in [0.15, 0.2) is 24.3 Å². The van der Waals surface area contributed by atoms with E-state index in [0.29, 0.717) is 30.3 Å². The molecule has 18 heavy (non-hydrogen) atoms. The Bertz CT molecular complexity index is 385. The van der Waals surface area contributed by atoms with Crippen LogP contribution in [0, 0.1) is 0 Å². The van der Waals surface area contributed by atoms with Gasteiger partial charge in [-0.2, -0.15) is 0 Å². The van der Waals surface area contributed by atoms with Crippen molar-refractivity contribution in [3.8, 4) is 5.75 Å². The van der Waals surface area contributed by atoms with Crippen molar-refractivity contribution in [2.24, 2.45) is 5.73 Å². The first-order chi connectivity index (χ1) is 8.67. The van der Waals surface area contributed by atoms with Crippen molar-refractivity contribution in [3.05, 3.63) is 29.3 Å². The maximum atomic E-state index is 11.3. The van der Waals surface area contributed by atoms with Crippen LogP contribution in [-0.4, -0.2) is 25.1 Å². The van der Waals surface area contributed by atoms with Crippen LogP contribution < -0.4 is 15.8 Å². The van der Waals surface area contributed by atoms with Crippen molar-refractivity contribution in [3.63, 3.8) is 0 Å². The Morgan fingerprint density at radius 3 is 2.83 bits per heavy atom. The molecule has 100 valence electrons. The Labute approximate surface area is 112 Å². The standard InChI is InChI=1S/C13H19ClN2O2/c1-2-10(9-16-13(17)7-8-15)18-12-6-4-3-5-11(12)14/h3-6,10H,2,7-9,15H2,1H3,(H,16,17). The Balaban J connectivity index is 2.47. The fourth-order valence-corrected chi connectivity index (χ4v) is 1.62. The van der Waals surface area contributed by atoms with Crippen molar-refractivity contribution in [1.29, 1.82) is 0 Å². The second kappa shape index (κ2) is 7.95. The van der Waals surface area contributed by atoms with Crippen LogP contribution in [0.3, 0.4) is 0 Å². The summed E-state index contributed by atoms with van der Waals surface area (Å²) in [6.07, 6.45) is 1.03. The van der Waals surface area contributed by atoms with Crippen molar-refractivity contribution < 1.29 is 9.53 Å². The van der Waals surface area contributed by atoms with Gasteiger partial charge in [-0.3, -0.25) is 4.79 Å². The minimum absolute atomic E-state index is 0.0568. The van der Waals surface area contributed by atoms with Gasteiger partial charge in [0.15, 0.2) is 0 Å². The van der Waals surface area contributed by atoms with Crippen molar-refractivity contribution in [2.75, 3.05) is 13.1 Å². The van der Waals surface area contributed by atoms with Crippen LogP contribution in [0.1, 0.15) is 19.8 Å². The maximum absolute atomic E-state index is 11.3. The summed E-state index contributed by atoms with van der Waals surface area (Å²) < 4.78 is 5.75. The lowest BCUT2D eigenvalue weighted by atomic mass is 10.2. The number of hydrogen-bond acceptors (Lipinski definition) is 3. The van der Waals surface area contributed by atoms with Gasteiger partial charge in [-0.05, 0) is 18.6 Å². The fourth-order valence-electron chi connectivity index (χ4n) is 1.44. The van der Waals surface area contributed by atoms with E-state index in [4.69, 9.17) is 22.1 Å². The molecule has 1 aromatic rings. The third kappa shape index (κ3) is 4.94. The molecule has 3 N–H and O–H groups in total. The van der Waals surface area contributed by atoms with E-state index in [1.165, 1.54) is 0 Å². The topological polar surface area (TPSA) is 64.4 Å². The Morgan fingerprint density at radius 2 is 2.22 bits per heavy atom. The second-order valence-electron chi connectivity index (χ2n) is 3.92. The highest BCUT2D eigenvalue weighted by atomic mass is 35.5. The van der Waals surface area contributed by atoms with Gasteiger partial charge < -0.3 is 15.8 Å². The quantitative estimate of drug-likeness (QED) is 0.796. The summed E-state index contributed by atoms with van der Waals surface area (Å²) in [6, 6.07) is 7.30. The number of nitrogens with one attached hydrogen (secondary N) is 1. The van der Waals surface area contributed by atoms with E-state index in [-0.39, 0.29) is 12.0 Å². The molecule has 1 aromatic carbocycles. The molecule has 0 saturated carbocycles. The van der Waals surface area contributed by atoms with Gasteiger partial charge in [-0.1, -0.05) is 30.7 Å². The number of hydrogen-bond donors (Lipinski definition) is 2. The van der Waals surface area contributed by atoms with E-state index < -0.39 is 0 Å². The van der Waals surface area contributed by atoms with Crippen molar-refractivity contribution in [1.82, 2.24) is 5.32 Å². The van der Waals surface area contributed by atoms with Gasteiger partial charge in [-0.25, -0.2) is 0 Å². The summed E-state index contributed by atoms with van der Waals surface area (Å²) in [7, 11) is 0. The summed E-state index contributed by atoms with van der Waals surface area (Å²) in [4.78, 5) is 11.3. The van der Waals surface area contributed by atoms with Crippen LogP contribution in [0.4, 0.5) is 0 Å². The molecule has 5 heteroatoms. The number of benzene rings is 1. The number of ether oxygens (including phenoxy) is 1. The molecule has 0 saturated heterocycles. The molecule has 1 unspecified atom stereocenters. The molecule has 0 aliphatic rings. The molecule has 1 rings (SSSR count). The third-order valence-electron chi connectivity index (χ3n) is 2.48. The zero-order chi connectivity index (χ0) is 13.4. The minimum atomic E-state index is -0.0911. The minimum Gasteiger partial charge on any atom is -0.487 e. The van der Waals surface area contributed by atoms with E-state index in [2.05, 4.69) is 5.32 Å². The van der Waals surface area contributed by atoms with Crippen LogP contribution in [0.5, 0.6) is 5.75 Å². The highest BCUT2D eigenvalue weighted by Gasteiger charge is 2.11. The van der Waals surface area contributed by atoms with Crippen LogP contribution >= 0.6 is 11.6 Å². The molecular weight excluding hydrogens is 252 g/mol. The smallest absolute Gasteiger partial charge is 0.221 e. The summed E-state index contributed by atoms with van der Waals surface area (Å²) in [5, 5.41) is 3.36. The number of rotatable bonds is 7. The lowest BCUT2D eigenvalue weighted by Crippen LogP contribution is -2.35. The number of carbonyl (C=O) groups is 1. The predicted octanol–water partition coefficient (Wildman–Crippen LogP) is 1.96. The van der Waals surface area contributed by atoms with Gasteiger partial charge in [0.25, 0.3) is 0 Å².